The Morgan fingerprint density at radius 1 is 1.14 bits per heavy atom. The molecule has 4 rings (SSSR count). The van der Waals surface area contributed by atoms with Crippen LogP contribution in [-0.4, -0.2) is 48.1 Å². The molecule has 3 aromatic rings. The lowest BCUT2D eigenvalue weighted by Crippen LogP contribution is -2.51. The average Bonchev–Trinajstić information content (AvgIpc) is 3.39. The Kier molecular flexibility index (Phi) is 5.31. The predicted octanol–water partition coefficient (Wildman–Crippen LogP) is 0.963. The summed E-state index contributed by atoms with van der Waals surface area (Å²) >= 11 is 0. The zero-order valence-corrected chi connectivity index (χ0v) is 14.8. The number of furan rings is 1. The van der Waals surface area contributed by atoms with Gasteiger partial charge in [-0.1, -0.05) is 18.2 Å². The number of anilines is 1. The van der Waals surface area contributed by atoms with Gasteiger partial charge in [-0.2, -0.15) is 0 Å². The van der Waals surface area contributed by atoms with Crippen LogP contribution in [-0.2, 0) is 25.3 Å². The Morgan fingerprint density at radius 2 is 1.96 bits per heavy atom. The highest BCUT2D eigenvalue weighted by Crippen LogP contribution is 2.23. The second kappa shape index (κ2) is 8.20. The maximum atomic E-state index is 12.4. The molecule has 3 heterocycles. The number of nitrogens with one attached hydrogen (secondary N) is 2. The van der Waals surface area contributed by atoms with Crippen molar-refractivity contribution in [2.75, 3.05) is 18.5 Å². The summed E-state index contributed by atoms with van der Waals surface area (Å²) in [5.41, 5.74) is 1.63. The molecule has 0 bridgehead atoms. The van der Waals surface area contributed by atoms with Gasteiger partial charge in [0.25, 0.3) is 0 Å². The minimum absolute atomic E-state index is 0.188. The summed E-state index contributed by atoms with van der Waals surface area (Å²) in [5.74, 6) is -2.04. The third-order valence-corrected chi connectivity index (χ3v) is 4.30. The third-order valence-electron chi connectivity index (χ3n) is 4.30. The van der Waals surface area contributed by atoms with Crippen LogP contribution in [0.15, 0.2) is 53.5 Å². The molecule has 10 heteroatoms. The molecule has 9 nitrogen and oxygen atoms in total. The molecule has 1 unspecified atom stereocenters. The molecule has 1 aromatic carbocycles. The topological polar surface area (TPSA) is 116 Å². The second-order valence-electron chi connectivity index (χ2n) is 6.20. The van der Waals surface area contributed by atoms with Crippen molar-refractivity contribution in [3.63, 3.8) is 0 Å². The molecule has 1 fully saturated rings. The first-order valence-electron chi connectivity index (χ1n) is 8.77. The van der Waals surface area contributed by atoms with Crippen molar-refractivity contribution >= 4 is 35.7 Å². The number of nitrogens with zero attached hydrogens (tertiary/aromatic N) is 2. The summed E-state index contributed by atoms with van der Waals surface area (Å²) in [4.78, 5) is 32.3. The van der Waals surface area contributed by atoms with E-state index in [1.807, 2.05) is 24.3 Å². The summed E-state index contributed by atoms with van der Waals surface area (Å²) < 4.78 is 16.7. The molecule has 0 spiro atoms. The van der Waals surface area contributed by atoms with Gasteiger partial charge >= 0.3 is 18.9 Å². The summed E-state index contributed by atoms with van der Waals surface area (Å²) in [6.45, 7) is 0.851. The zero-order chi connectivity index (χ0) is 19.3. The molecule has 0 saturated carbocycles. The molecule has 28 heavy (non-hydrogen) atoms. The standard InChI is InChI=1S/C18H17BN4O5/c24-17(18(25)23-16-10-20-5-6-21-16)22-15(19-27-7-8-28-19)9-12-11-26-14-4-2-1-3-13(12)14/h1-6,10-11,15H,7-9H2,(H,22,24)(H,21,23,25). The highest BCUT2D eigenvalue weighted by Gasteiger charge is 2.37. The fourth-order valence-electron chi connectivity index (χ4n) is 3.02. The predicted molar refractivity (Wildman–Crippen MR) is 100 cm³/mol. The summed E-state index contributed by atoms with van der Waals surface area (Å²) in [6.07, 6.45) is 6.25. The zero-order valence-electron chi connectivity index (χ0n) is 14.8. The van der Waals surface area contributed by atoms with E-state index in [9.17, 15) is 9.59 Å². The number of rotatable bonds is 5. The van der Waals surface area contributed by atoms with Crippen LogP contribution in [0.4, 0.5) is 5.82 Å². The first-order chi connectivity index (χ1) is 13.7. The van der Waals surface area contributed by atoms with Crippen LogP contribution in [0.1, 0.15) is 5.56 Å². The van der Waals surface area contributed by atoms with E-state index in [2.05, 4.69) is 20.6 Å². The van der Waals surface area contributed by atoms with Crippen molar-refractivity contribution in [1.29, 1.82) is 0 Å². The van der Waals surface area contributed by atoms with Gasteiger partial charge in [0.15, 0.2) is 5.82 Å². The van der Waals surface area contributed by atoms with Gasteiger partial charge in [-0.15, -0.1) is 0 Å². The average molecular weight is 380 g/mol. The number of hydrogen-bond acceptors (Lipinski definition) is 7. The Morgan fingerprint density at radius 3 is 2.75 bits per heavy atom. The molecule has 1 atom stereocenters. The van der Waals surface area contributed by atoms with E-state index < -0.39 is 24.9 Å². The Labute approximate surface area is 160 Å². The van der Waals surface area contributed by atoms with Gasteiger partial charge in [0.1, 0.15) is 5.58 Å². The Hall–Kier alpha value is -3.24. The van der Waals surface area contributed by atoms with Crippen molar-refractivity contribution in [2.24, 2.45) is 0 Å². The molecule has 2 amide bonds. The molecule has 0 aliphatic carbocycles. The van der Waals surface area contributed by atoms with Crippen molar-refractivity contribution in [3.05, 3.63) is 54.7 Å². The van der Waals surface area contributed by atoms with Crippen molar-refractivity contribution < 1.29 is 23.3 Å². The molecule has 0 radical (unpaired) electrons. The van der Waals surface area contributed by atoms with Gasteiger partial charge in [-0.05, 0) is 18.1 Å². The van der Waals surface area contributed by atoms with Crippen LogP contribution in [0.25, 0.3) is 11.0 Å². The lowest BCUT2D eigenvalue weighted by molar-refractivity contribution is -0.136. The van der Waals surface area contributed by atoms with E-state index >= 15 is 0 Å². The molecule has 142 valence electrons. The number of aromatic nitrogens is 2. The van der Waals surface area contributed by atoms with E-state index in [1.54, 1.807) is 6.26 Å². The molecule has 2 N–H and O–H groups in total. The maximum absolute atomic E-state index is 12.4. The summed E-state index contributed by atoms with van der Waals surface area (Å²) in [6, 6.07) is 7.59. The largest absolute Gasteiger partial charge is 0.481 e. The van der Waals surface area contributed by atoms with E-state index in [0.29, 0.717) is 19.6 Å². The molecule has 1 aliphatic rings. The van der Waals surface area contributed by atoms with E-state index in [4.69, 9.17) is 13.7 Å². The van der Waals surface area contributed by atoms with Crippen molar-refractivity contribution in [1.82, 2.24) is 15.3 Å². The smallest absolute Gasteiger partial charge is 0.464 e. The fourth-order valence-corrected chi connectivity index (χ4v) is 3.02. The Balaban J connectivity index is 1.48. The van der Waals surface area contributed by atoms with Crippen LogP contribution in [0.2, 0.25) is 0 Å². The number of hydrogen-bond donors (Lipinski definition) is 2. The number of benzene rings is 1. The van der Waals surface area contributed by atoms with Crippen LogP contribution >= 0.6 is 0 Å². The maximum Gasteiger partial charge on any atom is 0.481 e. The SMILES string of the molecule is O=C(Nc1cnccn1)C(=O)NC(Cc1coc2ccccc12)B1OCCO1. The number of carbonyl (C=O) groups excluding carboxylic acids is 2. The normalized spacial score (nSPS) is 14.8. The molecule has 2 aromatic heterocycles. The van der Waals surface area contributed by atoms with E-state index in [1.165, 1.54) is 18.6 Å². The van der Waals surface area contributed by atoms with Gasteiger partial charge in [0, 0.05) is 17.8 Å². The lowest BCUT2D eigenvalue weighted by Gasteiger charge is -2.19. The number of fused-ring (bicyclic) bond motifs is 1. The molecular formula is C18H17BN4O5. The van der Waals surface area contributed by atoms with Gasteiger partial charge in [0.05, 0.1) is 31.6 Å². The fraction of sp³-hybridized carbons (Fsp3) is 0.222. The molecule has 1 saturated heterocycles. The van der Waals surface area contributed by atoms with Gasteiger partial charge in [-0.25, -0.2) is 4.98 Å². The van der Waals surface area contributed by atoms with Crippen LogP contribution in [0, 0.1) is 0 Å². The summed E-state index contributed by atoms with van der Waals surface area (Å²) in [7, 11) is -0.651. The second-order valence-corrected chi connectivity index (χ2v) is 6.20. The first kappa shape index (κ1) is 18.1. The third kappa shape index (κ3) is 4.02. The number of amides is 2. The number of para-hydroxylation sites is 1. The van der Waals surface area contributed by atoms with Crippen molar-refractivity contribution in [2.45, 2.75) is 12.4 Å². The van der Waals surface area contributed by atoms with E-state index in [-0.39, 0.29) is 5.82 Å². The van der Waals surface area contributed by atoms with Gasteiger partial charge < -0.3 is 24.4 Å². The van der Waals surface area contributed by atoms with E-state index in [0.717, 1.165) is 16.5 Å². The minimum atomic E-state index is -0.847. The van der Waals surface area contributed by atoms with Gasteiger partial charge in [0.2, 0.25) is 0 Å². The quantitative estimate of drug-likeness (QED) is 0.500. The molecule has 1 aliphatic heterocycles. The van der Waals surface area contributed by atoms with Gasteiger partial charge in [-0.3, -0.25) is 14.6 Å². The monoisotopic (exact) mass is 380 g/mol. The Bertz CT molecular complexity index is 974. The lowest BCUT2D eigenvalue weighted by atomic mass is 9.75. The number of carbonyl (C=O) groups is 2. The highest BCUT2D eigenvalue weighted by molar-refractivity contribution is 6.49. The first-order valence-corrected chi connectivity index (χ1v) is 8.77. The van der Waals surface area contributed by atoms with Crippen LogP contribution in [0.5, 0.6) is 0 Å². The van der Waals surface area contributed by atoms with Crippen LogP contribution in [0.3, 0.4) is 0 Å². The van der Waals surface area contributed by atoms with Crippen molar-refractivity contribution in [3.8, 4) is 0 Å². The highest BCUT2D eigenvalue weighted by atomic mass is 16.6. The minimum Gasteiger partial charge on any atom is -0.464 e. The summed E-state index contributed by atoms with van der Waals surface area (Å²) in [5, 5.41) is 6.03. The molecular weight excluding hydrogens is 363 g/mol. The van der Waals surface area contributed by atoms with Crippen LogP contribution < -0.4 is 10.6 Å².